The lowest BCUT2D eigenvalue weighted by molar-refractivity contribution is -0.133. The summed E-state index contributed by atoms with van der Waals surface area (Å²) >= 11 is 0. The zero-order chi connectivity index (χ0) is 21.2. The van der Waals surface area contributed by atoms with Crippen molar-refractivity contribution in [3.05, 3.63) is 18.3 Å². The summed E-state index contributed by atoms with van der Waals surface area (Å²) in [5, 5.41) is 7.99. The molecule has 0 radical (unpaired) electrons. The fourth-order valence-electron chi connectivity index (χ4n) is 3.16. The average molecular weight is 403 g/mol. The Hall–Kier alpha value is -2.81. The van der Waals surface area contributed by atoms with Gasteiger partial charge < -0.3 is 19.3 Å². The molecule has 2 heterocycles. The van der Waals surface area contributed by atoms with Crippen molar-refractivity contribution in [2.75, 3.05) is 45.7 Å². The molecule has 1 fully saturated rings. The van der Waals surface area contributed by atoms with Gasteiger partial charge in [-0.25, -0.2) is 4.79 Å². The first-order valence-electron chi connectivity index (χ1n) is 9.66. The van der Waals surface area contributed by atoms with E-state index in [0.717, 1.165) is 31.6 Å². The van der Waals surface area contributed by atoms with Crippen LogP contribution in [-0.2, 0) is 16.1 Å². The Labute approximate surface area is 170 Å². The number of carbonyl (C=O) groups excluding carboxylic acids is 2. The lowest BCUT2D eigenvalue weighted by atomic mass is 10.2. The molecule has 1 aliphatic rings. The van der Waals surface area contributed by atoms with Crippen molar-refractivity contribution in [1.29, 1.82) is 0 Å². The van der Waals surface area contributed by atoms with Crippen LogP contribution in [0.5, 0.6) is 5.75 Å². The topological polar surface area (TPSA) is 88.9 Å². The Kier molecular flexibility index (Phi) is 5.97. The highest BCUT2D eigenvalue weighted by Gasteiger charge is 2.21. The van der Waals surface area contributed by atoms with E-state index in [1.165, 1.54) is 7.11 Å². The average Bonchev–Trinajstić information content (AvgIpc) is 3.00. The Morgan fingerprint density at radius 2 is 1.86 bits per heavy atom. The van der Waals surface area contributed by atoms with Gasteiger partial charge in [0.05, 0.1) is 18.3 Å². The number of likely N-dealkylation sites (N-methyl/N-ethyl adjacent to an activating group) is 1. The molecule has 1 aromatic heterocycles. The van der Waals surface area contributed by atoms with Gasteiger partial charge in [0.25, 0.3) is 0 Å². The first-order chi connectivity index (χ1) is 13.6. The van der Waals surface area contributed by atoms with E-state index in [0.29, 0.717) is 17.0 Å². The second-order valence-electron chi connectivity index (χ2n) is 8.25. The standard InChI is InChI=1S/C20H29N5O4/c1-20(2,3)29-19(27)21-16-10-14-12-25(22-15(14)11-17(16)28-5)13-18(26)24-8-6-23(4)7-9-24/h10-12H,6-9,13H2,1-5H3,(H,21,27). The molecule has 0 spiro atoms. The molecule has 1 aliphatic heterocycles. The largest absolute Gasteiger partial charge is 0.494 e. The van der Waals surface area contributed by atoms with Crippen LogP contribution in [0.2, 0.25) is 0 Å². The van der Waals surface area contributed by atoms with Crippen molar-refractivity contribution in [2.45, 2.75) is 32.9 Å². The van der Waals surface area contributed by atoms with Crippen molar-refractivity contribution in [1.82, 2.24) is 19.6 Å². The predicted octanol–water partition coefficient (Wildman–Crippen LogP) is 2.17. The van der Waals surface area contributed by atoms with E-state index in [-0.39, 0.29) is 12.5 Å². The van der Waals surface area contributed by atoms with Crippen molar-refractivity contribution < 1.29 is 19.1 Å². The molecule has 2 amide bonds. The molecular formula is C20H29N5O4. The lowest BCUT2D eigenvalue weighted by Gasteiger charge is -2.32. The number of rotatable bonds is 4. The van der Waals surface area contributed by atoms with Crippen LogP contribution >= 0.6 is 0 Å². The van der Waals surface area contributed by atoms with Crippen molar-refractivity contribution in [3.63, 3.8) is 0 Å². The summed E-state index contributed by atoms with van der Waals surface area (Å²) in [5.74, 6) is 0.518. The van der Waals surface area contributed by atoms with E-state index in [9.17, 15) is 9.59 Å². The molecule has 2 aromatic rings. The maximum Gasteiger partial charge on any atom is 0.412 e. The van der Waals surface area contributed by atoms with Gasteiger partial charge in [-0.15, -0.1) is 0 Å². The van der Waals surface area contributed by atoms with E-state index in [4.69, 9.17) is 9.47 Å². The molecule has 29 heavy (non-hydrogen) atoms. The number of anilines is 1. The summed E-state index contributed by atoms with van der Waals surface area (Å²) in [6.45, 7) is 8.79. The zero-order valence-electron chi connectivity index (χ0n) is 17.7. The van der Waals surface area contributed by atoms with E-state index >= 15 is 0 Å². The van der Waals surface area contributed by atoms with Crippen molar-refractivity contribution in [2.24, 2.45) is 0 Å². The first kappa shape index (κ1) is 20.9. The molecule has 1 saturated heterocycles. The SMILES string of the molecule is COc1cc2nn(CC(=O)N3CCN(C)CC3)cc2cc1NC(=O)OC(C)(C)C. The molecule has 3 rings (SSSR count). The van der Waals surface area contributed by atoms with E-state index in [1.54, 1.807) is 43.8 Å². The van der Waals surface area contributed by atoms with Crippen LogP contribution in [-0.4, -0.2) is 77.5 Å². The highest BCUT2D eigenvalue weighted by atomic mass is 16.6. The fourth-order valence-corrected chi connectivity index (χ4v) is 3.16. The van der Waals surface area contributed by atoms with Gasteiger partial charge in [-0.1, -0.05) is 0 Å². The minimum absolute atomic E-state index is 0.0463. The molecule has 0 unspecified atom stereocenters. The summed E-state index contributed by atoms with van der Waals surface area (Å²) in [6.07, 6.45) is 1.23. The van der Waals surface area contributed by atoms with Gasteiger partial charge in [-0.05, 0) is 33.9 Å². The van der Waals surface area contributed by atoms with E-state index in [1.807, 2.05) is 4.90 Å². The third-order valence-electron chi connectivity index (χ3n) is 4.66. The number of aromatic nitrogens is 2. The summed E-state index contributed by atoms with van der Waals surface area (Å²) in [6, 6.07) is 3.50. The molecule has 0 saturated carbocycles. The number of amides is 2. The third-order valence-corrected chi connectivity index (χ3v) is 4.66. The van der Waals surface area contributed by atoms with Crippen LogP contribution in [0.1, 0.15) is 20.8 Å². The number of benzene rings is 1. The van der Waals surface area contributed by atoms with Crippen LogP contribution in [0.25, 0.3) is 10.9 Å². The highest BCUT2D eigenvalue weighted by Crippen LogP contribution is 2.30. The maximum atomic E-state index is 12.6. The Balaban J connectivity index is 1.75. The van der Waals surface area contributed by atoms with Gasteiger partial charge >= 0.3 is 6.09 Å². The number of hydrogen-bond acceptors (Lipinski definition) is 6. The molecule has 1 aromatic carbocycles. The Bertz CT molecular complexity index is 894. The number of carbonyl (C=O) groups is 2. The number of methoxy groups -OCH3 is 1. The molecule has 1 N–H and O–H groups in total. The van der Waals surface area contributed by atoms with Crippen LogP contribution < -0.4 is 10.1 Å². The monoisotopic (exact) mass is 403 g/mol. The number of nitrogens with one attached hydrogen (secondary N) is 1. The predicted molar refractivity (Wildman–Crippen MR) is 110 cm³/mol. The van der Waals surface area contributed by atoms with Gasteiger partial charge in [-0.2, -0.15) is 5.10 Å². The van der Waals surface area contributed by atoms with Crippen LogP contribution in [0.4, 0.5) is 10.5 Å². The van der Waals surface area contributed by atoms with Gasteiger partial charge in [0.15, 0.2) is 0 Å². The second-order valence-corrected chi connectivity index (χ2v) is 8.25. The summed E-state index contributed by atoms with van der Waals surface area (Å²) < 4.78 is 12.3. The van der Waals surface area contributed by atoms with Gasteiger partial charge in [-0.3, -0.25) is 14.8 Å². The number of piperazine rings is 1. The quantitative estimate of drug-likeness (QED) is 0.842. The normalized spacial score (nSPS) is 15.4. The number of ether oxygens (including phenoxy) is 2. The van der Waals surface area contributed by atoms with Crippen LogP contribution in [0.3, 0.4) is 0 Å². The summed E-state index contributed by atoms with van der Waals surface area (Å²) in [4.78, 5) is 28.8. The molecule has 0 bridgehead atoms. The van der Waals surface area contributed by atoms with Crippen molar-refractivity contribution >= 4 is 28.6 Å². The first-order valence-corrected chi connectivity index (χ1v) is 9.66. The Morgan fingerprint density at radius 1 is 1.17 bits per heavy atom. The van der Waals surface area contributed by atoms with Crippen LogP contribution in [0.15, 0.2) is 18.3 Å². The highest BCUT2D eigenvalue weighted by molar-refractivity contribution is 5.93. The third kappa shape index (κ3) is 5.38. The molecule has 9 heteroatoms. The molecular weight excluding hydrogens is 374 g/mol. The zero-order valence-corrected chi connectivity index (χ0v) is 17.7. The molecule has 0 aliphatic carbocycles. The van der Waals surface area contributed by atoms with Gasteiger partial charge in [0.2, 0.25) is 5.91 Å². The minimum Gasteiger partial charge on any atom is -0.494 e. The second kappa shape index (κ2) is 8.28. The van der Waals surface area contributed by atoms with E-state index < -0.39 is 11.7 Å². The fraction of sp³-hybridized carbons (Fsp3) is 0.550. The van der Waals surface area contributed by atoms with Gasteiger partial charge in [0.1, 0.15) is 17.9 Å². The number of hydrogen-bond donors (Lipinski definition) is 1. The smallest absolute Gasteiger partial charge is 0.412 e. The van der Waals surface area contributed by atoms with E-state index in [2.05, 4.69) is 22.4 Å². The number of nitrogens with zero attached hydrogens (tertiary/aromatic N) is 4. The number of fused-ring (bicyclic) bond motifs is 1. The van der Waals surface area contributed by atoms with Crippen LogP contribution in [0, 0.1) is 0 Å². The lowest BCUT2D eigenvalue weighted by Crippen LogP contribution is -2.48. The summed E-state index contributed by atoms with van der Waals surface area (Å²) in [7, 11) is 3.58. The molecule has 9 nitrogen and oxygen atoms in total. The van der Waals surface area contributed by atoms with Crippen molar-refractivity contribution in [3.8, 4) is 5.75 Å². The molecule has 158 valence electrons. The summed E-state index contributed by atoms with van der Waals surface area (Å²) in [5.41, 5.74) is 0.567. The molecule has 0 atom stereocenters. The van der Waals surface area contributed by atoms with Gasteiger partial charge in [0, 0.05) is 43.8 Å². The Morgan fingerprint density at radius 3 is 2.48 bits per heavy atom. The maximum absolute atomic E-state index is 12.6. The minimum atomic E-state index is -0.601.